The number of aromatic carboxylic acids is 1. The molecule has 0 aliphatic carbocycles. The molecule has 3 aromatic rings. The molecule has 1 aromatic heterocycles. The molecule has 26 heavy (non-hydrogen) atoms. The van der Waals surface area contributed by atoms with Crippen LogP contribution < -0.4 is 4.72 Å². The van der Waals surface area contributed by atoms with E-state index in [9.17, 15) is 18.0 Å². The zero-order chi connectivity index (χ0) is 18.7. The van der Waals surface area contributed by atoms with E-state index in [1.54, 1.807) is 17.5 Å². The monoisotopic (exact) mass is 396 g/mol. The van der Waals surface area contributed by atoms with E-state index >= 15 is 0 Å². The molecule has 0 amide bonds. The van der Waals surface area contributed by atoms with Crippen molar-refractivity contribution in [3.8, 4) is 10.6 Å². The fourth-order valence-corrected chi connectivity index (χ4v) is 3.73. The summed E-state index contributed by atoms with van der Waals surface area (Å²) in [6, 6.07) is 9.38. The van der Waals surface area contributed by atoms with Crippen molar-refractivity contribution >= 4 is 34.9 Å². The van der Waals surface area contributed by atoms with Crippen molar-refractivity contribution in [1.82, 2.24) is 4.98 Å². The Hall–Kier alpha value is -2.52. The minimum Gasteiger partial charge on any atom is -0.478 e. The van der Waals surface area contributed by atoms with Crippen molar-refractivity contribution in [2.75, 3.05) is 4.72 Å². The van der Waals surface area contributed by atoms with Crippen LogP contribution in [0.2, 0.25) is 0 Å². The van der Waals surface area contributed by atoms with Gasteiger partial charge in [-0.05, 0) is 42.5 Å². The van der Waals surface area contributed by atoms with Crippen molar-refractivity contribution in [2.45, 2.75) is 11.5 Å². The summed E-state index contributed by atoms with van der Waals surface area (Å²) < 4.78 is 42.1. The Kier molecular flexibility index (Phi) is 5.48. The summed E-state index contributed by atoms with van der Waals surface area (Å²) in [5, 5.41) is 11.9. The van der Waals surface area contributed by atoms with Gasteiger partial charge in [0.25, 0.3) is 6.43 Å². The second kappa shape index (κ2) is 7.79. The van der Waals surface area contributed by atoms with Crippen LogP contribution in [0.15, 0.2) is 52.9 Å². The van der Waals surface area contributed by atoms with Gasteiger partial charge < -0.3 is 9.83 Å². The van der Waals surface area contributed by atoms with Crippen LogP contribution in [-0.2, 0) is 0 Å². The smallest absolute Gasteiger partial charge is 0.335 e. The van der Waals surface area contributed by atoms with Gasteiger partial charge >= 0.3 is 5.97 Å². The summed E-state index contributed by atoms with van der Waals surface area (Å²) in [5.74, 6) is -1.61. The molecule has 134 valence electrons. The van der Waals surface area contributed by atoms with Gasteiger partial charge in [-0.3, -0.25) is 0 Å². The highest BCUT2D eigenvalue weighted by Crippen LogP contribution is 2.33. The Morgan fingerprint density at radius 2 is 1.92 bits per heavy atom. The third-order valence-corrected chi connectivity index (χ3v) is 5.15. The number of anilines is 1. The van der Waals surface area contributed by atoms with Gasteiger partial charge in [0.2, 0.25) is 0 Å². The summed E-state index contributed by atoms with van der Waals surface area (Å²) in [6.07, 6.45) is -2.82. The summed E-state index contributed by atoms with van der Waals surface area (Å²) in [4.78, 5) is 15.3. The average Bonchev–Trinajstić information content (AvgIpc) is 3.09. The number of rotatable bonds is 6. The molecule has 0 atom stereocenters. The van der Waals surface area contributed by atoms with E-state index in [0.29, 0.717) is 10.0 Å². The Balaban J connectivity index is 1.75. The lowest BCUT2D eigenvalue weighted by molar-refractivity contribution is 0.0696. The molecule has 1 heterocycles. The molecule has 4 nitrogen and oxygen atoms in total. The van der Waals surface area contributed by atoms with Gasteiger partial charge in [0.05, 0.1) is 11.3 Å². The number of alkyl halides is 2. The van der Waals surface area contributed by atoms with E-state index < -0.39 is 18.0 Å². The van der Waals surface area contributed by atoms with Crippen molar-refractivity contribution in [3.05, 3.63) is 64.8 Å². The molecule has 2 aromatic carbocycles. The van der Waals surface area contributed by atoms with Crippen LogP contribution in [-0.4, -0.2) is 16.1 Å². The Labute approximate surface area is 154 Å². The normalized spacial score (nSPS) is 10.9. The van der Waals surface area contributed by atoms with Crippen molar-refractivity contribution in [2.24, 2.45) is 0 Å². The summed E-state index contributed by atoms with van der Waals surface area (Å²) in [5.41, 5.74) is 0.267. The maximum atomic E-state index is 13.2. The maximum Gasteiger partial charge on any atom is 0.335 e. The van der Waals surface area contributed by atoms with Crippen molar-refractivity contribution < 1.29 is 23.1 Å². The molecule has 2 N–H and O–H groups in total. The van der Waals surface area contributed by atoms with Crippen LogP contribution in [0.25, 0.3) is 10.6 Å². The van der Waals surface area contributed by atoms with Crippen LogP contribution in [0.4, 0.5) is 18.9 Å². The molecule has 0 aliphatic heterocycles. The molecule has 9 heteroatoms. The first-order valence-corrected chi connectivity index (χ1v) is 8.93. The van der Waals surface area contributed by atoms with Crippen LogP contribution >= 0.6 is 23.3 Å². The third-order valence-electron chi connectivity index (χ3n) is 3.37. The standard InChI is InChI=1S/C17H11F3N2O2S2/c18-11-4-1-9(2-5-11)16-21-14(8-25-16)26-22-13-6-3-10(17(23)24)7-12(13)15(19)20/h1-8,15,22H,(H,23,24). The summed E-state index contributed by atoms with van der Waals surface area (Å²) in [7, 11) is 0. The first-order chi connectivity index (χ1) is 12.4. The number of thiazole rings is 1. The largest absolute Gasteiger partial charge is 0.478 e. The van der Waals surface area contributed by atoms with E-state index in [0.717, 1.165) is 23.6 Å². The number of nitrogens with zero attached hydrogens (tertiary/aromatic N) is 1. The first-order valence-electron chi connectivity index (χ1n) is 7.24. The first kappa shape index (κ1) is 18.3. The summed E-state index contributed by atoms with van der Waals surface area (Å²) in [6.45, 7) is 0. The van der Waals surface area contributed by atoms with E-state index in [2.05, 4.69) is 9.71 Å². The SMILES string of the molecule is O=C(O)c1ccc(NSc2csc(-c3ccc(F)cc3)n2)c(C(F)F)c1. The minimum atomic E-state index is -2.82. The molecule has 3 rings (SSSR count). The van der Waals surface area contributed by atoms with E-state index in [-0.39, 0.29) is 17.1 Å². The number of carboxylic acid groups (broad SMARTS) is 1. The molecule has 0 aliphatic rings. The molecule has 0 fully saturated rings. The number of hydrogen-bond donors (Lipinski definition) is 2. The molecule has 0 saturated carbocycles. The summed E-state index contributed by atoms with van der Waals surface area (Å²) >= 11 is 2.37. The van der Waals surface area contributed by atoms with Gasteiger partial charge in [-0.15, -0.1) is 11.3 Å². The zero-order valence-electron chi connectivity index (χ0n) is 12.9. The molecule has 0 bridgehead atoms. The fraction of sp³-hybridized carbons (Fsp3) is 0.0588. The van der Waals surface area contributed by atoms with Crippen LogP contribution in [0, 0.1) is 5.82 Å². The fourth-order valence-electron chi connectivity index (χ4n) is 2.11. The molecular weight excluding hydrogens is 385 g/mol. The lowest BCUT2D eigenvalue weighted by Crippen LogP contribution is -2.01. The molecular formula is C17H11F3N2O2S2. The predicted molar refractivity (Wildman–Crippen MR) is 95.3 cm³/mol. The van der Waals surface area contributed by atoms with Crippen LogP contribution in [0.3, 0.4) is 0 Å². The van der Waals surface area contributed by atoms with Gasteiger partial charge in [0.1, 0.15) is 15.9 Å². The number of aromatic nitrogens is 1. The van der Waals surface area contributed by atoms with Crippen molar-refractivity contribution in [1.29, 1.82) is 0 Å². The maximum absolute atomic E-state index is 13.2. The third kappa shape index (κ3) is 4.17. The van der Waals surface area contributed by atoms with E-state index in [1.165, 1.54) is 35.6 Å². The Morgan fingerprint density at radius 3 is 2.58 bits per heavy atom. The van der Waals surface area contributed by atoms with Gasteiger partial charge in [-0.1, -0.05) is 0 Å². The lowest BCUT2D eigenvalue weighted by Gasteiger charge is -2.10. The highest BCUT2D eigenvalue weighted by atomic mass is 32.2. The number of halogens is 3. The number of hydrogen-bond acceptors (Lipinski definition) is 5. The lowest BCUT2D eigenvalue weighted by atomic mass is 10.1. The highest BCUT2D eigenvalue weighted by molar-refractivity contribution is 8.00. The molecule has 0 saturated heterocycles. The number of nitrogens with one attached hydrogen (secondary N) is 1. The Bertz CT molecular complexity index is 930. The Morgan fingerprint density at radius 1 is 1.19 bits per heavy atom. The molecule has 0 unspecified atom stereocenters. The number of benzene rings is 2. The zero-order valence-corrected chi connectivity index (χ0v) is 14.6. The van der Waals surface area contributed by atoms with Crippen LogP contribution in [0.5, 0.6) is 0 Å². The quantitative estimate of drug-likeness (QED) is 0.523. The van der Waals surface area contributed by atoms with E-state index in [1.807, 2.05) is 0 Å². The topological polar surface area (TPSA) is 62.2 Å². The highest BCUT2D eigenvalue weighted by Gasteiger charge is 2.16. The minimum absolute atomic E-state index is 0.117. The van der Waals surface area contributed by atoms with Crippen LogP contribution in [0.1, 0.15) is 22.3 Å². The second-order valence-electron chi connectivity index (χ2n) is 5.11. The average molecular weight is 396 g/mol. The predicted octanol–water partition coefficient (Wildman–Crippen LogP) is 5.70. The number of carboxylic acids is 1. The molecule has 0 spiro atoms. The van der Waals surface area contributed by atoms with Gasteiger partial charge in [-0.25, -0.2) is 22.9 Å². The number of carbonyl (C=O) groups is 1. The molecule has 0 radical (unpaired) electrons. The van der Waals surface area contributed by atoms with Gasteiger partial charge in [-0.2, -0.15) is 0 Å². The second-order valence-corrected chi connectivity index (χ2v) is 6.79. The van der Waals surface area contributed by atoms with Gasteiger partial charge in [0, 0.05) is 28.5 Å². The van der Waals surface area contributed by atoms with Gasteiger partial charge in [0.15, 0.2) is 0 Å². The van der Waals surface area contributed by atoms with Crippen molar-refractivity contribution in [3.63, 3.8) is 0 Å². The van der Waals surface area contributed by atoms with E-state index in [4.69, 9.17) is 5.11 Å².